The summed E-state index contributed by atoms with van der Waals surface area (Å²) in [6, 6.07) is 138. The van der Waals surface area contributed by atoms with Crippen molar-refractivity contribution in [2.75, 3.05) is 0 Å². The molecule has 0 fully saturated rings. The predicted molar refractivity (Wildman–Crippen MR) is 447 cm³/mol. The summed E-state index contributed by atoms with van der Waals surface area (Å²) in [4.78, 5) is 0. The molecule has 0 aliphatic carbocycles. The fraction of sp³-hybridized carbons (Fsp3) is 0. The van der Waals surface area contributed by atoms with Gasteiger partial charge in [-0.1, -0.05) is 382 Å². The molecule has 0 radical (unpaired) electrons. The van der Waals surface area contributed by atoms with E-state index in [1.165, 1.54) is 86.5 Å². The van der Waals surface area contributed by atoms with Crippen LogP contribution in [0.4, 0.5) is 0 Å². The summed E-state index contributed by atoms with van der Waals surface area (Å²) in [6.45, 7) is 0. The second-order valence-electron chi connectivity index (χ2n) is 27.3. The van der Waals surface area contributed by atoms with Gasteiger partial charge >= 0.3 is 0 Å². The second kappa shape index (κ2) is 24.6. The highest BCUT2D eigenvalue weighted by Crippen LogP contribution is 2.55. The molecule has 0 spiro atoms. The summed E-state index contributed by atoms with van der Waals surface area (Å²) in [6.07, 6.45) is 0. The second-order valence-corrected chi connectivity index (χ2v) is 32.8. The molecule has 1 atom stereocenters. The van der Waals surface area contributed by atoms with Gasteiger partial charge in [0.25, 0.3) is 0 Å². The summed E-state index contributed by atoms with van der Waals surface area (Å²) in [5, 5.41) is 27.8. The fourth-order valence-corrected chi connectivity index (χ4v) is 23.2. The Balaban J connectivity index is 0.741. The smallest absolute Gasteiger partial charge is 0.171 e. The molecule has 104 heavy (non-hydrogen) atoms. The van der Waals surface area contributed by atoms with E-state index in [1.807, 2.05) is 91.0 Å². The highest BCUT2D eigenvalue weighted by Gasteiger charge is 2.35. The maximum atomic E-state index is 17.2. The highest BCUT2D eigenvalue weighted by atomic mass is 31.2. The van der Waals surface area contributed by atoms with Gasteiger partial charge in [-0.3, -0.25) is 0 Å². The van der Waals surface area contributed by atoms with Gasteiger partial charge in [-0.05, 0) is 169 Å². The maximum Gasteiger partial charge on any atom is 0.171 e. The van der Waals surface area contributed by atoms with E-state index in [-0.39, 0.29) is 0 Å². The Morgan fingerprint density at radius 3 is 0.808 bits per heavy atom. The van der Waals surface area contributed by atoms with Crippen molar-refractivity contribution < 1.29 is 9.13 Å². The van der Waals surface area contributed by atoms with Crippen LogP contribution in [0, 0.1) is 0 Å². The summed E-state index contributed by atoms with van der Waals surface area (Å²) >= 11 is 0. The zero-order valence-corrected chi connectivity index (χ0v) is 58.5. The third-order valence-electron chi connectivity index (χ3n) is 22.0. The lowest BCUT2D eigenvalue weighted by Crippen LogP contribution is -2.25. The van der Waals surface area contributed by atoms with Gasteiger partial charge in [0.2, 0.25) is 0 Å². The maximum absolute atomic E-state index is 17.2. The van der Waals surface area contributed by atoms with Crippen molar-refractivity contribution in [2.24, 2.45) is 0 Å². The molecule has 1 unspecified atom stereocenters. The predicted octanol–water partition coefficient (Wildman–Crippen LogP) is 24.8. The highest BCUT2D eigenvalue weighted by molar-refractivity contribution is 7.86. The lowest BCUT2D eigenvalue weighted by molar-refractivity contribution is 0.592. The van der Waals surface area contributed by atoms with Gasteiger partial charge in [-0.15, -0.1) is 0 Å². The van der Waals surface area contributed by atoms with E-state index in [0.717, 1.165) is 109 Å². The minimum absolute atomic E-state index is 0.767. The molecule has 0 bridgehead atoms. The minimum Gasteiger partial charge on any atom is -0.309 e. The molecule has 0 aliphatic heterocycles. The molecule has 20 rings (SSSR count). The number of rotatable bonds is 11. The fourth-order valence-electron chi connectivity index (χ4n) is 17.5. The van der Waals surface area contributed by atoms with Gasteiger partial charge in [-0.2, -0.15) is 0 Å². The van der Waals surface area contributed by atoms with E-state index in [4.69, 9.17) is 0 Å². The van der Waals surface area contributed by atoms with E-state index in [2.05, 4.69) is 297 Å². The van der Waals surface area contributed by atoms with Crippen LogP contribution in [0.5, 0.6) is 0 Å². The summed E-state index contributed by atoms with van der Waals surface area (Å²) in [5.74, 6) is 0. The molecule has 0 aromatic heterocycles. The molecule has 0 amide bonds. The zero-order valence-electron chi connectivity index (χ0n) is 56.7. The van der Waals surface area contributed by atoms with Crippen LogP contribution in [0.1, 0.15) is 0 Å². The van der Waals surface area contributed by atoms with Gasteiger partial charge in [0.05, 0.1) is 0 Å². The Hall–Kier alpha value is -12.5. The van der Waals surface area contributed by atoms with Gasteiger partial charge in [0.1, 0.15) is 0 Å². The molecule has 0 aliphatic rings. The number of hydrogen-bond acceptors (Lipinski definition) is 2. The van der Waals surface area contributed by atoms with Crippen LogP contribution >= 0.6 is 14.3 Å². The Morgan fingerprint density at radius 2 is 0.394 bits per heavy atom. The molecule has 0 saturated carbocycles. The number of benzene rings is 20. The minimum atomic E-state index is -3.58. The topological polar surface area (TPSA) is 34.1 Å². The first kappa shape index (κ1) is 61.3. The van der Waals surface area contributed by atoms with E-state index in [1.54, 1.807) is 0 Å². The van der Waals surface area contributed by atoms with Crippen molar-refractivity contribution in [3.8, 4) is 55.6 Å². The normalized spacial score (nSPS) is 12.6. The van der Waals surface area contributed by atoms with E-state index < -0.39 is 14.3 Å². The van der Waals surface area contributed by atoms with Crippen molar-refractivity contribution in [3.63, 3.8) is 0 Å². The number of fused-ring (bicyclic) bond motifs is 16. The van der Waals surface area contributed by atoms with Crippen molar-refractivity contribution in [2.45, 2.75) is 0 Å². The first-order valence-corrected chi connectivity index (χ1v) is 39.1. The van der Waals surface area contributed by atoms with Gasteiger partial charge in [0, 0.05) is 31.8 Å². The zero-order chi connectivity index (χ0) is 69.0. The van der Waals surface area contributed by atoms with E-state index in [9.17, 15) is 0 Å². The van der Waals surface area contributed by atoms with Crippen molar-refractivity contribution in [1.29, 1.82) is 0 Å². The Labute approximate surface area is 602 Å². The van der Waals surface area contributed by atoms with Crippen LogP contribution in [-0.2, 0) is 9.13 Å². The monoisotopic (exact) mass is 1360 g/mol. The Morgan fingerprint density at radius 1 is 0.144 bits per heavy atom. The standard InChI is InChI=1S/C100H64O2P2/c101-103(69-31-7-2-8-32-69,70-33-9-3-10-34-70)91-54-28-51-78-80(91)52-27-53-81(78)95-88-49-25-24-48-87(88)94(98-83-44-20-15-38-74(83)75-39-16-21-45-84(75)99(95)98)68-57-55-65(56-58-68)66-59-61-72(62-60-66)104(102,71-35-11-4-12-36-71)92-64-63-90(77-41-13-18-42-79(77)92)96-89-50-26-23-47-86(89)93(67-29-5-1-6-30-67)97-82-43-19-14-37-73(82)76-40-17-22-46-85(76)100(96)97/h1-64H. The SMILES string of the molecule is O=P(c1ccccc1)(c1ccccc1)c1cccc2c(-c3c4ccccc4c(-c4ccc(-c5ccc(P(=O)(c6ccccc6)c6ccc(-c7c8ccccc8c(-c8ccccc8)c8c9ccccc9c9ccccc9c78)c7ccccc67)cc5)cc4)c4c5ccccc5c5ccccc5c34)cccc12. The van der Waals surface area contributed by atoms with Crippen molar-refractivity contribution >= 4 is 154 Å². The summed E-state index contributed by atoms with van der Waals surface area (Å²) < 4.78 is 33.5. The van der Waals surface area contributed by atoms with Gasteiger partial charge in [-0.25, -0.2) is 0 Å². The average Bonchev–Trinajstić information content (AvgIpc) is 0.704. The van der Waals surface area contributed by atoms with Crippen LogP contribution in [0.2, 0.25) is 0 Å². The molecule has 0 N–H and O–H groups in total. The Kier molecular flexibility index (Phi) is 14.5. The van der Waals surface area contributed by atoms with Gasteiger partial charge < -0.3 is 9.13 Å². The molecule has 486 valence electrons. The largest absolute Gasteiger partial charge is 0.309 e. The van der Waals surface area contributed by atoms with Crippen LogP contribution in [0.15, 0.2) is 388 Å². The lowest BCUT2D eigenvalue weighted by Gasteiger charge is -2.25. The molecule has 0 heterocycles. The molecule has 4 heteroatoms. The molecule has 20 aromatic rings. The van der Waals surface area contributed by atoms with Gasteiger partial charge in [0.15, 0.2) is 14.3 Å². The molecule has 0 saturated heterocycles. The van der Waals surface area contributed by atoms with Crippen molar-refractivity contribution in [3.05, 3.63) is 388 Å². The quantitative estimate of drug-likeness (QED) is 0.0735. The van der Waals surface area contributed by atoms with Crippen LogP contribution < -0.4 is 31.8 Å². The average molecular weight is 1360 g/mol. The van der Waals surface area contributed by atoms with E-state index in [0.29, 0.717) is 0 Å². The Bertz CT molecular complexity index is 6950. The first-order valence-electron chi connectivity index (χ1n) is 35.7. The number of hydrogen-bond donors (Lipinski definition) is 0. The summed E-state index contributed by atoms with van der Waals surface area (Å²) in [7, 11) is -6.96. The summed E-state index contributed by atoms with van der Waals surface area (Å²) in [5.41, 5.74) is 11.2. The third kappa shape index (κ3) is 9.36. The first-order chi connectivity index (χ1) is 51.4. The van der Waals surface area contributed by atoms with E-state index >= 15 is 9.13 Å². The third-order valence-corrected chi connectivity index (χ3v) is 28.2. The molecule has 2 nitrogen and oxygen atoms in total. The molecule has 20 aromatic carbocycles. The lowest BCUT2D eigenvalue weighted by atomic mass is 9.80. The molecular formula is C100H64O2P2. The van der Waals surface area contributed by atoms with Crippen molar-refractivity contribution in [1.82, 2.24) is 0 Å². The van der Waals surface area contributed by atoms with Crippen LogP contribution in [-0.4, -0.2) is 0 Å². The van der Waals surface area contributed by atoms with Crippen LogP contribution in [0.25, 0.3) is 163 Å². The van der Waals surface area contributed by atoms with Crippen LogP contribution in [0.3, 0.4) is 0 Å². The molecular weight excluding hydrogens is 1300 g/mol.